The van der Waals surface area contributed by atoms with Crippen molar-refractivity contribution in [2.75, 3.05) is 13.1 Å². The molecule has 2 rings (SSSR count). The van der Waals surface area contributed by atoms with Crippen LogP contribution < -0.4 is 0 Å². The molecule has 6 heteroatoms. The lowest BCUT2D eigenvalue weighted by Gasteiger charge is -2.30. The number of carbonyl (C=O) groups is 1. The van der Waals surface area contributed by atoms with E-state index < -0.39 is 16.0 Å². The number of rotatable bonds is 3. The van der Waals surface area contributed by atoms with Gasteiger partial charge in [-0.15, -0.1) is 0 Å². The monoisotopic (exact) mass is 269 g/mol. The number of nitrogens with zero attached hydrogens (tertiary/aromatic N) is 1. The van der Waals surface area contributed by atoms with Gasteiger partial charge in [-0.3, -0.25) is 0 Å². The molecule has 0 bridgehead atoms. The average molecular weight is 269 g/mol. The van der Waals surface area contributed by atoms with Gasteiger partial charge in [0.15, 0.2) is 0 Å². The first-order chi connectivity index (χ1) is 8.34. The summed E-state index contributed by atoms with van der Waals surface area (Å²) in [5, 5.41) is 9.05. The fourth-order valence-corrected chi connectivity index (χ4v) is 3.76. The van der Waals surface area contributed by atoms with Crippen molar-refractivity contribution < 1.29 is 18.3 Å². The largest absolute Gasteiger partial charge is 0.478 e. The van der Waals surface area contributed by atoms with E-state index >= 15 is 0 Å². The van der Waals surface area contributed by atoms with E-state index in [-0.39, 0.29) is 10.5 Å². The Balaban J connectivity index is 2.57. The Bertz CT molecular complexity index is 603. The summed E-state index contributed by atoms with van der Waals surface area (Å²) in [5.41, 5.74) is 1.20. The van der Waals surface area contributed by atoms with E-state index in [0.29, 0.717) is 24.2 Å². The first-order valence-corrected chi connectivity index (χ1v) is 7.12. The highest BCUT2D eigenvalue weighted by Gasteiger charge is 2.31. The molecule has 1 saturated heterocycles. The van der Waals surface area contributed by atoms with Gasteiger partial charge in [-0.1, -0.05) is 6.07 Å². The molecule has 1 N–H and O–H groups in total. The highest BCUT2D eigenvalue weighted by molar-refractivity contribution is 7.89. The molecule has 0 aliphatic carbocycles. The summed E-state index contributed by atoms with van der Waals surface area (Å²) in [4.78, 5) is 11.2. The van der Waals surface area contributed by atoms with Crippen molar-refractivity contribution in [2.24, 2.45) is 0 Å². The molecule has 18 heavy (non-hydrogen) atoms. The summed E-state index contributed by atoms with van der Waals surface area (Å²) in [6.45, 7) is 4.37. The van der Waals surface area contributed by atoms with Crippen LogP contribution in [0, 0.1) is 13.8 Å². The number of sulfonamides is 1. The zero-order valence-electron chi connectivity index (χ0n) is 10.3. The minimum atomic E-state index is -3.54. The molecule has 1 aliphatic heterocycles. The normalized spacial score (nSPS) is 16.3. The minimum Gasteiger partial charge on any atom is -0.478 e. The van der Waals surface area contributed by atoms with Crippen LogP contribution in [0.15, 0.2) is 17.0 Å². The predicted octanol–water partition coefficient (Wildman–Crippen LogP) is 1.40. The summed E-state index contributed by atoms with van der Waals surface area (Å²) in [6, 6.07) is 2.87. The first-order valence-electron chi connectivity index (χ1n) is 5.68. The van der Waals surface area contributed by atoms with Crippen LogP contribution in [-0.4, -0.2) is 36.9 Å². The van der Waals surface area contributed by atoms with Crippen molar-refractivity contribution in [1.29, 1.82) is 0 Å². The van der Waals surface area contributed by atoms with Gasteiger partial charge in [-0.05, 0) is 37.5 Å². The minimum absolute atomic E-state index is 0.0414. The van der Waals surface area contributed by atoms with Crippen LogP contribution >= 0.6 is 0 Å². The zero-order valence-corrected chi connectivity index (χ0v) is 11.1. The van der Waals surface area contributed by atoms with Gasteiger partial charge < -0.3 is 5.11 Å². The van der Waals surface area contributed by atoms with Crippen LogP contribution in [-0.2, 0) is 10.0 Å². The Labute approximate surface area is 106 Å². The SMILES string of the molecule is Cc1cc(C)c(S(=O)(=O)N2CCC2)cc1C(=O)O. The van der Waals surface area contributed by atoms with Gasteiger partial charge in [0.25, 0.3) is 0 Å². The van der Waals surface area contributed by atoms with E-state index in [9.17, 15) is 13.2 Å². The van der Waals surface area contributed by atoms with Crippen molar-refractivity contribution in [1.82, 2.24) is 4.31 Å². The van der Waals surface area contributed by atoms with Gasteiger partial charge >= 0.3 is 5.97 Å². The standard InChI is InChI=1S/C12H15NO4S/c1-8-6-9(2)11(7-10(8)12(14)15)18(16,17)13-4-3-5-13/h6-7H,3-5H2,1-2H3,(H,14,15). The molecular formula is C12H15NO4S. The first kappa shape index (κ1) is 13.0. The number of benzene rings is 1. The van der Waals surface area contributed by atoms with E-state index in [1.165, 1.54) is 10.4 Å². The Morgan fingerprint density at radius 3 is 2.28 bits per heavy atom. The molecule has 1 aromatic rings. The molecule has 1 aliphatic rings. The van der Waals surface area contributed by atoms with Crippen molar-refractivity contribution >= 4 is 16.0 Å². The number of carboxylic acids is 1. The second-order valence-corrected chi connectivity index (χ2v) is 6.40. The number of hydrogen-bond donors (Lipinski definition) is 1. The van der Waals surface area contributed by atoms with Crippen LogP contribution in [0.3, 0.4) is 0 Å². The molecule has 0 radical (unpaired) electrons. The lowest BCUT2D eigenvalue weighted by Crippen LogP contribution is -2.42. The molecule has 98 valence electrons. The molecule has 0 aromatic heterocycles. The average Bonchev–Trinajstić information content (AvgIpc) is 2.12. The number of hydrogen-bond acceptors (Lipinski definition) is 3. The maximum absolute atomic E-state index is 12.3. The molecule has 0 saturated carbocycles. The molecule has 0 amide bonds. The number of carboxylic acid groups (broad SMARTS) is 1. The molecule has 1 aromatic carbocycles. The van der Waals surface area contributed by atoms with Gasteiger partial charge in [0.2, 0.25) is 10.0 Å². The van der Waals surface area contributed by atoms with Gasteiger partial charge in [-0.2, -0.15) is 4.31 Å². The number of aryl methyl sites for hydroxylation is 2. The van der Waals surface area contributed by atoms with Gasteiger partial charge in [0.1, 0.15) is 0 Å². The van der Waals surface area contributed by atoms with E-state index in [1.54, 1.807) is 19.9 Å². The molecule has 1 fully saturated rings. The summed E-state index contributed by atoms with van der Waals surface area (Å²) in [6.07, 6.45) is 0.857. The topological polar surface area (TPSA) is 74.7 Å². The molecule has 0 spiro atoms. The summed E-state index contributed by atoms with van der Waals surface area (Å²) in [7, 11) is -3.54. The lowest BCUT2D eigenvalue weighted by atomic mass is 10.1. The lowest BCUT2D eigenvalue weighted by molar-refractivity contribution is 0.0696. The highest BCUT2D eigenvalue weighted by atomic mass is 32.2. The van der Waals surface area contributed by atoms with Crippen LogP contribution in [0.4, 0.5) is 0 Å². The molecule has 0 atom stereocenters. The Kier molecular flexibility index (Phi) is 3.16. The maximum Gasteiger partial charge on any atom is 0.335 e. The quantitative estimate of drug-likeness (QED) is 0.900. The van der Waals surface area contributed by atoms with E-state index in [4.69, 9.17) is 5.11 Å². The third-order valence-electron chi connectivity index (χ3n) is 3.19. The van der Waals surface area contributed by atoms with E-state index in [2.05, 4.69) is 0 Å². The molecule has 5 nitrogen and oxygen atoms in total. The fourth-order valence-electron chi connectivity index (χ4n) is 2.01. The van der Waals surface area contributed by atoms with Gasteiger partial charge in [0.05, 0.1) is 10.5 Å². The van der Waals surface area contributed by atoms with Crippen LogP contribution in [0.25, 0.3) is 0 Å². The summed E-state index contributed by atoms with van der Waals surface area (Å²) < 4.78 is 25.9. The Morgan fingerprint density at radius 2 is 1.83 bits per heavy atom. The smallest absolute Gasteiger partial charge is 0.335 e. The van der Waals surface area contributed by atoms with E-state index in [1.807, 2.05) is 0 Å². The third-order valence-corrected chi connectivity index (χ3v) is 5.23. The summed E-state index contributed by atoms with van der Waals surface area (Å²) in [5.74, 6) is -1.10. The van der Waals surface area contributed by atoms with Gasteiger partial charge in [0, 0.05) is 13.1 Å². The van der Waals surface area contributed by atoms with Crippen LogP contribution in [0.5, 0.6) is 0 Å². The Morgan fingerprint density at radius 1 is 1.22 bits per heavy atom. The Hall–Kier alpha value is -1.40. The van der Waals surface area contributed by atoms with Crippen molar-refractivity contribution in [3.63, 3.8) is 0 Å². The fraction of sp³-hybridized carbons (Fsp3) is 0.417. The molecule has 0 unspecified atom stereocenters. The second kappa shape index (κ2) is 4.37. The zero-order chi connectivity index (χ0) is 13.5. The molecule has 1 heterocycles. The van der Waals surface area contributed by atoms with E-state index in [0.717, 1.165) is 6.42 Å². The number of aromatic carboxylic acids is 1. The van der Waals surface area contributed by atoms with Crippen molar-refractivity contribution in [3.05, 3.63) is 28.8 Å². The van der Waals surface area contributed by atoms with Crippen LogP contribution in [0.1, 0.15) is 27.9 Å². The predicted molar refractivity (Wildman–Crippen MR) is 66.3 cm³/mol. The van der Waals surface area contributed by atoms with Crippen LogP contribution in [0.2, 0.25) is 0 Å². The van der Waals surface area contributed by atoms with Crippen molar-refractivity contribution in [3.8, 4) is 0 Å². The maximum atomic E-state index is 12.3. The third kappa shape index (κ3) is 2.02. The highest BCUT2D eigenvalue weighted by Crippen LogP contribution is 2.26. The summed E-state index contributed by atoms with van der Waals surface area (Å²) >= 11 is 0. The molecular weight excluding hydrogens is 254 g/mol. The van der Waals surface area contributed by atoms with Gasteiger partial charge in [-0.25, -0.2) is 13.2 Å². The second-order valence-electron chi connectivity index (χ2n) is 4.50. The van der Waals surface area contributed by atoms with Crippen molar-refractivity contribution in [2.45, 2.75) is 25.2 Å².